The molecule has 4 nitrogen and oxygen atoms in total. The third-order valence-electron chi connectivity index (χ3n) is 3.70. The fourth-order valence-electron chi connectivity index (χ4n) is 2.44. The molecule has 0 saturated heterocycles. The van der Waals surface area contributed by atoms with Gasteiger partial charge in [0.1, 0.15) is 5.58 Å². The molecule has 23 heavy (non-hydrogen) atoms. The number of carbonyl (C=O) groups is 1. The second-order valence-corrected chi connectivity index (χ2v) is 5.48. The topological polar surface area (TPSA) is 59.3 Å². The van der Waals surface area contributed by atoms with Crippen molar-refractivity contribution in [2.24, 2.45) is 0 Å². The third kappa shape index (κ3) is 3.16. The minimum Gasteiger partial charge on any atom is -0.451 e. The lowest BCUT2D eigenvalue weighted by Gasteiger charge is -2.07. The maximum atomic E-state index is 12.3. The van der Waals surface area contributed by atoms with E-state index in [4.69, 9.17) is 4.42 Å². The van der Waals surface area contributed by atoms with Crippen LogP contribution >= 0.6 is 0 Å². The lowest BCUT2D eigenvalue weighted by Crippen LogP contribution is -2.15. The standard InChI is InChI=1S/C19H17NO3/c1-3-13-5-4-6-14(10-13)20-19(22)18-11-16(21)15-9-12(2)7-8-17(15)23-18/h4-11H,3H2,1-2H3,(H,20,22). The van der Waals surface area contributed by atoms with Gasteiger partial charge in [-0.05, 0) is 43.2 Å². The molecule has 116 valence electrons. The van der Waals surface area contributed by atoms with Gasteiger partial charge in [0.15, 0.2) is 11.2 Å². The van der Waals surface area contributed by atoms with Crippen LogP contribution in [-0.4, -0.2) is 5.91 Å². The van der Waals surface area contributed by atoms with E-state index in [1.165, 1.54) is 6.07 Å². The molecule has 0 aliphatic carbocycles. The average molecular weight is 307 g/mol. The summed E-state index contributed by atoms with van der Waals surface area (Å²) in [6.07, 6.45) is 0.883. The van der Waals surface area contributed by atoms with E-state index < -0.39 is 5.91 Å². The highest BCUT2D eigenvalue weighted by Crippen LogP contribution is 2.16. The lowest BCUT2D eigenvalue weighted by molar-refractivity contribution is 0.0997. The van der Waals surface area contributed by atoms with Crippen molar-refractivity contribution in [2.75, 3.05) is 5.32 Å². The molecule has 0 unspecified atom stereocenters. The molecule has 0 bridgehead atoms. The molecule has 3 rings (SSSR count). The zero-order chi connectivity index (χ0) is 16.4. The number of nitrogens with one attached hydrogen (secondary N) is 1. The number of carbonyl (C=O) groups excluding carboxylic acids is 1. The van der Waals surface area contributed by atoms with Crippen LogP contribution in [0.3, 0.4) is 0 Å². The molecule has 1 N–H and O–H groups in total. The summed E-state index contributed by atoms with van der Waals surface area (Å²) in [6, 6.07) is 14.1. The fraction of sp³-hybridized carbons (Fsp3) is 0.158. The smallest absolute Gasteiger partial charge is 0.291 e. The predicted octanol–water partition coefficient (Wildman–Crippen LogP) is 3.92. The normalized spacial score (nSPS) is 10.7. The summed E-state index contributed by atoms with van der Waals surface area (Å²) >= 11 is 0. The molecule has 0 atom stereocenters. The Morgan fingerprint density at radius 1 is 1.13 bits per heavy atom. The summed E-state index contributed by atoms with van der Waals surface area (Å²) in [5, 5.41) is 3.25. The van der Waals surface area contributed by atoms with Crippen molar-refractivity contribution in [3.8, 4) is 0 Å². The third-order valence-corrected chi connectivity index (χ3v) is 3.70. The highest BCUT2D eigenvalue weighted by molar-refractivity contribution is 6.03. The van der Waals surface area contributed by atoms with Crippen molar-refractivity contribution >= 4 is 22.6 Å². The molecule has 0 saturated carbocycles. The maximum Gasteiger partial charge on any atom is 0.291 e. The van der Waals surface area contributed by atoms with Gasteiger partial charge in [-0.3, -0.25) is 9.59 Å². The molecule has 1 amide bonds. The van der Waals surface area contributed by atoms with Crippen molar-refractivity contribution in [1.29, 1.82) is 0 Å². The van der Waals surface area contributed by atoms with Gasteiger partial charge in [0.05, 0.1) is 5.39 Å². The van der Waals surface area contributed by atoms with Gasteiger partial charge in [-0.1, -0.05) is 30.7 Å². The van der Waals surface area contributed by atoms with Crippen LogP contribution in [-0.2, 0) is 6.42 Å². The van der Waals surface area contributed by atoms with E-state index in [9.17, 15) is 9.59 Å². The second-order valence-electron chi connectivity index (χ2n) is 5.48. The Bertz CT molecular complexity index is 941. The van der Waals surface area contributed by atoms with E-state index >= 15 is 0 Å². The van der Waals surface area contributed by atoms with E-state index in [1.807, 2.05) is 38.1 Å². The number of hydrogen-bond donors (Lipinski definition) is 1. The van der Waals surface area contributed by atoms with E-state index in [1.54, 1.807) is 18.2 Å². The highest BCUT2D eigenvalue weighted by atomic mass is 16.3. The van der Waals surface area contributed by atoms with Gasteiger partial charge in [-0.2, -0.15) is 0 Å². The Hall–Kier alpha value is -2.88. The Morgan fingerprint density at radius 3 is 2.74 bits per heavy atom. The zero-order valence-electron chi connectivity index (χ0n) is 13.1. The molecule has 0 spiro atoms. The zero-order valence-corrected chi connectivity index (χ0v) is 13.1. The van der Waals surface area contributed by atoms with Crippen LogP contribution in [0.4, 0.5) is 5.69 Å². The van der Waals surface area contributed by atoms with Crippen LogP contribution in [0.1, 0.15) is 28.6 Å². The van der Waals surface area contributed by atoms with Crippen LogP contribution in [0.25, 0.3) is 11.0 Å². The van der Waals surface area contributed by atoms with E-state index in [2.05, 4.69) is 5.32 Å². The lowest BCUT2D eigenvalue weighted by atomic mass is 10.1. The van der Waals surface area contributed by atoms with Crippen LogP contribution in [0, 0.1) is 6.92 Å². The predicted molar refractivity (Wildman–Crippen MR) is 91.0 cm³/mol. The number of aryl methyl sites for hydroxylation is 2. The summed E-state index contributed by atoms with van der Waals surface area (Å²) in [5.74, 6) is -0.425. The number of hydrogen-bond acceptors (Lipinski definition) is 3. The molecule has 2 aromatic carbocycles. The molecule has 0 aliphatic rings. The van der Waals surface area contributed by atoms with E-state index in [0.29, 0.717) is 16.7 Å². The van der Waals surface area contributed by atoms with Gasteiger partial charge in [-0.15, -0.1) is 0 Å². The Morgan fingerprint density at radius 2 is 1.96 bits per heavy atom. The van der Waals surface area contributed by atoms with Crippen LogP contribution in [0.15, 0.2) is 57.7 Å². The molecule has 4 heteroatoms. The summed E-state index contributed by atoms with van der Waals surface area (Å²) in [4.78, 5) is 24.5. The first kappa shape index (κ1) is 15.0. The molecular weight excluding hydrogens is 290 g/mol. The molecule has 0 fully saturated rings. The number of amides is 1. The largest absolute Gasteiger partial charge is 0.451 e. The van der Waals surface area contributed by atoms with Gasteiger partial charge < -0.3 is 9.73 Å². The van der Waals surface area contributed by atoms with Crippen LogP contribution < -0.4 is 10.7 Å². The number of rotatable bonds is 3. The first-order valence-corrected chi connectivity index (χ1v) is 7.51. The van der Waals surface area contributed by atoms with Gasteiger partial charge in [0.2, 0.25) is 0 Å². The van der Waals surface area contributed by atoms with Crippen molar-refractivity contribution in [2.45, 2.75) is 20.3 Å². The van der Waals surface area contributed by atoms with Crippen molar-refractivity contribution in [3.63, 3.8) is 0 Å². The molecule has 1 heterocycles. The Labute approximate surface area is 133 Å². The summed E-state index contributed by atoms with van der Waals surface area (Å²) < 4.78 is 5.58. The number of anilines is 1. The monoisotopic (exact) mass is 307 g/mol. The summed E-state index contributed by atoms with van der Waals surface area (Å²) in [5.41, 5.74) is 2.97. The molecular formula is C19H17NO3. The SMILES string of the molecule is CCc1cccc(NC(=O)c2cc(=O)c3cc(C)ccc3o2)c1. The Balaban J connectivity index is 1.94. The van der Waals surface area contributed by atoms with Crippen LogP contribution in [0.5, 0.6) is 0 Å². The fourth-order valence-corrected chi connectivity index (χ4v) is 2.44. The van der Waals surface area contributed by atoms with Crippen molar-refractivity contribution in [3.05, 3.63) is 75.6 Å². The maximum absolute atomic E-state index is 12.3. The molecule has 3 aromatic rings. The van der Waals surface area contributed by atoms with Gasteiger partial charge in [-0.25, -0.2) is 0 Å². The molecule has 1 aromatic heterocycles. The summed E-state index contributed by atoms with van der Waals surface area (Å²) in [6.45, 7) is 3.95. The van der Waals surface area contributed by atoms with Crippen LogP contribution in [0.2, 0.25) is 0 Å². The summed E-state index contributed by atoms with van der Waals surface area (Å²) in [7, 11) is 0. The van der Waals surface area contributed by atoms with Gasteiger partial charge in [0, 0.05) is 11.8 Å². The van der Waals surface area contributed by atoms with Crippen molar-refractivity contribution < 1.29 is 9.21 Å². The minimum atomic E-state index is -0.433. The molecule has 0 aliphatic heterocycles. The van der Waals surface area contributed by atoms with E-state index in [-0.39, 0.29) is 11.2 Å². The number of benzene rings is 2. The van der Waals surface area contributed by atoms with Gasteiger partial charge in [0.25, 0.3) is 5.91 Å². The first-order chi connectivity index (χ1) is 11.1. The quantitative estimate of drug-likeness (QED) is 0.798. The average Bonchev–Trinajstić information content (AvgIpc) is 2.55. The second kappa shape index (κ2) is 6.08. The highest BCUT2D eigenvalue weighted by Gasteiger charge is 2.13. The van der Waals surface area contributed by atoms with Crippen molar-refractivity contribution in [1.82, 2.24) is 0 Å². The number of fused-ring (bicyclic) bond motifs is 1. The van der Waals surface area contributed by atoms with E-state index in [0.717, 1.165) is 17.5 Å². The molecule has 0 radical (unpaired) electrons. The first-order valence-electron chi connectivity index (χ1n) is 7.51. The van der Waals surface area contributed by atoms with Gasteiger partial charge >= 0.3 is 0 Å². The Kier molecular flexibility index (Phi) is 3.98. The minimum absolute atomic E-state index is 0.00764.